The Morgan fingerprint density at radius 2 is 2.05 bits per heavy atom. The zero-order valence-electron chi connectivity index (χ0n) is 13.5. The smallest absolute Gasteiger partial charge is 0.348 e. The van der Waals surface area contributed by atoms with Gasteiger partial charge >= 0.3 is 5.97 Å². The summed E-state index contributed by atoms with van der Waals surface area (Å²) in [7, 11) is 1.86. The number of nitrogens with zero attached hydrogens (tertiary/aromatic N) is 3. The van der Waals surface area contributed by atoms with Crippen LogP contribution >= 0.6 is 11.3 Å². The number of rotatable bonds is 5. The monoisotopic (exact) mass is 323 g/mol. The van der Waals surface area contributed by atoms with Crippen molar-refractivity contribution in [3.8, 4) is 0 Å². The van der Waals surface area contributed by atoms with Gasteiger partial charge in [-0.15, -0.1) is 11.3 Å². The van der Waals surface area contributed by atoms with Crippen LogP contribution in [0.25, 0.3) is 10.2 Å². The second-order valence-electron chi connectivity index (χ2n) is 5.43. The molecule has 1 N–H and O–H groups in total. The van der Waals surface area contributed by atoms with Gasteiger partial charge in [0.2, 0.25) is 0 Å². The summed E-state index contributed by atoms with van der Waals surface area (Å²) in [6.07, 6.45) is -0.165. The van der Waals surface area contributed by atoms with Crippen molar-refractivity contribution in [3.05, 3.63) is 16.3 Å². The van der Waals surface area contributed by atoms with Gasteiger partial charge in [0.1, 0.15) is 21.3 Å². The van der Waals surface area contributed by atoms with Gasteiger partial charge in [0, 0.05) is 13.6 Å². The third-order valence-corrected chi connectivity index (χ3v) is 4.37. The van der Waals surface area contributed by atoms with Crippen molar-refractivity contribution >= 4 is 33.3 Å². The average Bonchev–Trinajstić information content (AvgIpc) is 2.74. The van der Waals surface area contributed by atoms with Crippen molar-refractivity contribution in [2.75, 3.05) is 25.1 Å². The molecule has 0 aliphatic carbocycles. The first-order chi connectivity index (χ1) is 10.3. The summed E-state index contributed by atoms with van der Waals surface area (Å²) in [6.45, 7) is 7.84. The Balaban J connectivity index is 2.58. The molecule has 0 spiro atoms. The molecule has 2 heterocycles. The second kappa shape index (κ2) is 6.58. The van der Waals surface area contributed by atoms with Gasteiger partial charge in [-0.05, 0) is 33.3 Å². The average molecular weight is 323 g/mol. The summed E-state index contributed by atoms with van der Waals surface area (Å²) in [5.74, 6) is 1.04. The molecule has 0 unspecified atom stereocenters. The lowest BCUT2D eigenvalue weighted by molar-refractivity contribution is 0.0383. The Hall–Kier alpha value is -1.73. The zero-order valence-corrected chi connectivity index (χ0v) is 14.3. The molecule has 120 valence electrons. The molecule has 0 radical (unpaired) electrons. The molecule has 2 aromatic heterocycles. The topological polar surface area (TPSA) is 75.5 Å². The predicted octanol–water partition coefficient (Wildman–Crippen LogP) is 2.30. The maximum atomic E-state index is 12.2. The SMILES string of the molecule is Cc1nc(N(C)CCO)c2c(C)c(C(=O)OC(C)C)sc2n1. The van der Waals surface area contributed by atoms with Gasteiger partial charge in [-0.1, -0.05) is 0 Å². The number of esters is 1. The van der Waals surface area contributed by atoms with E-state index in [4.69, 9.17) is 9.84 Å². The highest BCUT2D eigenvalue weighted by molar-refractivity contribution is 7.20. The minimum atomic E-state index is -0.330. The number of hydrogen-bond donors (Lipinski definition) is 1. The number of aromatic nitrogens is 2. The Morgan fingerprint density at radius 1 is 1.36 bits per heavy atom. The maximum absolute atomic E-state index is 12.2. The van der Waals surface area contributed by atoms with Crippen LogP contribution in [-0.2, 0) is 4.74 Å². The van der Waals surface area contributed by atoms with Crippen molar-refractivity contribution in [2.45, 2.75) is 33.8 Å². The highest BCUT2D eigenvalue weighted by Crippen LogP contribution is 2.35. The van der Waals surface area contributed by atoms with Crippen molar-refractivity contribution in [1.82, 2.24) is 9.97 Å². The molecule has 6 nitrogen and oxygen atoms in total. The van der Waals surface area contributed by atoms with Gasteiger partial charge in [-0.25, -0.2) is 14.8 Å². The lowest BCUT2D eigenvalue weighted by Gasteiger charge is -2.18. The molecule has 2 rings (SSSR count). The fourth-order valence-electron chi connectivity index (χ4n) is 2.22. The maximum Gasteiger partial charge on any atom is 0.348 e. The number of fused-ring (bicyclic) bond motifs is 1. The van der Waals surface area contributed by atoms with Gasteiger partial charge < -0.3 is 14.7 Å². The molecule has 0 bridgehead atoms. The van der Waals surface area contributed by atoms with Gasteiger partial charge in [-0.2, -0.15) is 0 Å². The van der Waals surface area contributed by atoms with E-state index in [9.17, 15) is 4.79 Å². The van der Waals surface area contributed by atoms with E-state index < -0.39 is 0 Å². The van der Waals surface area contributed by atoms with E-state index in [-0.39, 0.29) is 18.7 Å². The zero-order chi connectivity index (χ0) is 16.4. The summed E-state index contributed by atoms with van der Waals surface area (Å²) in [4.78, 5) is 24.3. The standard InChI is InChI=1S/C15H21N3O3S/c1-8(2)21-15(20)12-9(3)11-13(18(5)6-7-19)16-10(4)17-14(11)22-12/h8,19H,6-7H2,1-5H3. The number of aliphatic hydroxyl groups excluding tert-OH is 1. The number of likely N-dealkylation sites (N-methyl/N-ethyl adjacent to an activating group) is 1. The Morgan fingerprint density at radius 3 is 2.64 bits per heavy atom. The highest BCUT2D eigenvalue weighted by atomic mass is 32.1. The van der Waals surface area contributed by atoms with Gasteiger partial charge in [0.15, 0.2) is 0 Å². The summed E-state index contributed by atoms with van der Waals surface area (Å²) in [5.41, 5.74) is 0.824. The number of hydrogen-bond acceptors (Lipinski definition) is 7. The molecule has 0 amide bonds. The first-order valence-electron chi connectivity index (χ1n) is 7.15. The third kappa shape index (κ3) is 3.20. The lowest BCUT2D eigenvalue weighted by atomic mass is 10.2. The molecular formula is C15H21N3O3S. The number of thiophene rings is 1. The normalized spacial score (nSPS) is 11.2. The Bertz CT molecular complexity index is 697. The van der Waals surface area contributed by atoms with E-state index in [1.54, 1.807) is 0 Å². The van der Waals surface area contributed by atoms with Crippen LogP contribution in [0.5, 0.6) is 0 Å². The molecule has 0 aromatic carbocycles. The number of anilines is 1. The third-order valence-electron chi connectivity index (χ3n) is 3.21. The Labute approximate surface area is 133 Å². The van der Waals surface area contributed by atoms with Crippen molar-refractivity contribution in [2.24, 2.45) is 0 Å². The van der Waals surface area contributed by atoms with E-state index in [0.717, 1.165) is 21.6 Å². The van der Waals surface area contributed by atoms with Crippen molar-refractivity contribution < 1.29 is 14.6 Å². The minimum absolute atomic E-state index is 0.0342. The molecule has 22 heavy (non-hydrogen) atoms. The van der Waals surface area contributed by atoms with Crippen molar-refractivity contribution in [3.63, 3.8) is 0 Å². The molecule has 0 aliphatic heterocycles. The summed E-state index contributed by atoms with van der Waals surface area (Å²) in [5, 5.41) is 9.99. The lowest BCUT2D eigenvalue weighted by Crippen LogP contribution is -2.23. The van der Waals surface area contributed by atoms with Crippen LogP contribution in [0.15, 0.2) is 0 Å². The van der Waals surface area contributed by atoms with Crippen LogP contribution in [0.2, 0.25) is 0 Å². The fraction of sp³-hybridized carbons (Fsp3) is 0.533. The van der Waals surface area contributed by atoms with Gasteiger partial charge in [0.25, 0.3) is 0 Å². The number of aryl methyl sites for hydroxylation is 2. The van der Waals surface area contributed by atoms with E-state index in [1.807, 2.05) is 39.6 Å². The molecular weight excluding hydrogens is 302 g/mol. The molecule has 0 saturated carbocycles. The second-order valence-corrected chi connectivity index (χ2v) is 6.43. The van der Waals surface area contributed by atoms with Gasteiger partial charge in [-0.3, -0.25) is 0 Å². The first-order valence-corrected chi connectivity index (χ1v) is 7.97. The van der Waals surface area contributed by atoms with Crippen molar-refractivity contribution in [1.29, 1.82) is 0 Å². The van der Waals surface area contributed by atoms with Crippen LogP contribution < -0.4 is 4.90 Å². The minimum Gasteiger partial charge on any atom is -0.459 e. The van der Waals surface area contributed by atoms with Crippen LogP contribution in [0.4, 0.5) is 5.82 Å². The van der Waals surface area contributed by atoms with Gasteiger partial charge in [0.05, 0.1) is 18.1 Å². The summed E-state index contributed by atoms with van der Waals surface area (Å²) >= 11 is 1.32. The van der Waals surface area contributed by atoms with E-state index in [1.165, 1.54) is 11.3 Å². The highest BCUT2D eigenvalue weighted by Gasteiger charge is 2.22. The quantitative estimate of drug-likeness (QED) is 0.851. The van der Waals surface area contributed by atoms with E-state index in [0.29, 0.717) is 17.2 Å². The number of ether oxygens (including phenoxy) is 1. The Kier molecular flexibility index (Phi) is 4.97. The molecule has 0 aliphatic rings. The van der Waals surface area contributed by atoms with E-state index in [2.05, 4.69) is 9.97 Å². The summed E-state index contributed by atoms with van der Waals surface area (Å²) < 4.78 is 5.29. The number of carbonyl (C=O) groups is 1. The van der Waals surface area contributed by atoms with Crippen LogP contribution in [-0.4, -0.2) is 47.3 Å². The molecule has 7 heteroatoms. The fourth-order valence-corrected chi connectivity index (χ4v) is 3.32. The molecule has 0 saturated heterocycles. The number of aliphatic hydroxyl groups is 1. The van der Waals surface area contributed by atoms with E-state index >= 15 is 0 Å². The summed E-state index contributed by atoms with van der Waals surface area (Å²) in [6, 6.07) is 0. The predicted molar refractivity (Wildman–Crippen MR) is 87.8 cm³/mol. The largest absolute Gasteiger partial charge is 0.459 e. The molecule has 0 fully saturated rings. The molecule has 2 aromatic rings. The van der Waals surface area contributed by atoms with Crippen LogP contribution in [0.1, 0.15) is 34.9 Å². The number of carbonyl (C=O) groups excluding carboxylic acids is 1. The van der Waals surface area contributed by atoms with Crippen LogP contribution in [0.3, 0.4) is 0 Å². The first kappa shape index (κ1) is 16.6. The molecule has 0 atom stereocenters. The van der Waals surface area contributed by atoms with Crippen LogP contribution in [0, 0.1) is 13.8 Å².